The van der Waals surface area contributed by atoms with Gasteiger partial charge in [-0.2, -0.15) is 0 Å². The third-order valence-corrected chi connectivity index (χ3v) is 1.86. The third-order valence-electron chi connectivity index (χ3n) is 1.30. The van der Waals surface area contributed by atoms with Crippen LogP contribution in [-0.4, -0.2) is 17.1 Å². The summed E-state index contributed by atoms with van der Waals surface area (Å²) in [5.74, 6) is 0.0635. The molecule has 0 aromatic heterocycles. The Morgan fingerprint density at radius 3 is 2.79 bits per heavy atom. The Bertz CT molecular complexity index is 254. The van der Waals surface area contributed by atoms with Gasteiger partial charge < -0.3 is 0 Å². The van der Waals surface area contributed by atoms with Gasteiger partial charge in [0.15, 0.2) is 0 Å². The zero-order valence-electron chi connectivity index (χ0n) is 8.36. The zero-order valence-corrected chi connectivity index (χ0v) is 9.75. The Kier molecular flexibility index (Phi) is 8.63. The Morgan fingerprint density at radius 1 is 1.50 bits per heavy atom. The molecule has 0 bridgehead atoms. The van der Waals surface area contributed by atoms with Crippen LogP contribution < -0.4 is 0 Å². The summed E-state index contributed by atoms with van der Waals surface area (Å²) in [6.07, 6.45) is 3.19. The molecule has 0 amide bonds. The molecule has 0 atom stereocenters. The molecule has 0 unspecified atom stereocenters. The van der Waals surface area contributed by atoms with Crippen LogP contribution in [0.2, 0.25) is 0 Å². The van der Waals surface area contributed by atoms with Gasteiger partial charge in [-0.05, 0) is 0 Å². The van der Waals surface area contributed by atoms with Crippen molar-refractivity contribution in [1.82, 2.24) is 0 Å². The maximum absolute atomic E-state index is 10.9. The van der Waals surface area contributed by atoms with E-state index in [1.165, 1.54) is 6.08 Å². The number of carbonyl (C=O) groups is 1. The van der Waals surface area contributed by atoms with E-state index in [4.69, 9.17) is 9.78 Å². The molecule has 79 valence electrons. The van der Waals surface area contributed by atoms with E-state index in [1.807, 2.05) is 6.92 Å². The van der Waals surface area contributed by atoms with Crippen molar-refractivity contribution < 1.29 is 34.0 Å². The predicted molar refractivity (Wildman–Crippen MR) is 47.5 cm³/mol. The first-order valence-corrected chi connectivity index (χ1v) is 5.75. The van der Waals surface area contributed by atoms with Crippen LogP contribution in [0.4, 0.5) is 0 Å². The third kappa shape index (κ3) is 8.04. The number of ketones is 1. The second-order valence-corrected chi connectivity index (χ2v) is 3.38. The SMILES string of the molecule is CCCCOO/C(C)=C\C(=O)[CH]=[V]=[O]. The first kappa shape index (κ1) is 13.4. The molecule has 0 rings (SSSR count). The number of carbonyl (C=O) groups excluding carboxylic acids is 1. The Hall–Kier alpha value is -0.576. The van der Waals surface area contributed by atoms with Crippen molar-refractivity contribution in [3.63, 3.8) is 0 Å². The van der Waals surface area contributed by atoms with Crippen molar-refractivity contribution in [3.05, 3.63) is 11.8 Å². The molecule has 0 aliphatic carbocycles. The predicted octanol–water partition coefficient (Wildman–Crippen LogP) is 1.44. The first-order valence-electron chi connectivity index (χ1n) is 4.38. The van der Waals surface area contributed by atoms with Crippen LogP contribution in [0.1, 0.15) is 26.7 Å². The molecule has 0 N–H and O–H groups in total. The van der Waals surface area contributed by atoms with Gasteiger partial charge in [0.1, 0.15) is 0 Å². The molecule has 0 heterocycles. The van der Waals surface area contributed by atoms with Crippen molar-refractivity contribution in [3.8, 4) is 0 Å². The van der Waals surface area contributed by atoms with E-state index in [0.29, 0.717) is 12.4 Å². The van der Waals surface area contributed by atoms with E-state index >= 15 is 0 Å². The van der Waals surface area contributed by atoms with Crippen molar-refractivity contribution in [2.24, 2.45) is 0 Å². The van der Waals surface area contributed by atoms with Crippen LogP contribution in [0.3, 0.4) is 0 Å². The normalized spacial score (nSPS) is 10.6. The van der Waals surface area contributed by atoms with Gasteiger partial charge in [0.25, 0.3) is 0 Å². The van der Waals surface area contributed by atoms with Gasteiger partial charge >= 0.3 is 89.7 Å². The monoisotopic (exact) mass is 237 g/mol. The summed E-state index contributed by atoms with van der Waals surface area (Å²) in [6.45, 7) is 4.16. The molecule has 14 heavy (non-hydrogen) atoms. The Balaban J connectivity index is 3.77. The molecular weight excluding hydrogens is 223 g/mol. The van der Waals surface area contributed by atoms with Gasteiger partial charge in [-0.1, -0.05) is 0 Å². The van der Waals surface area contributed by atoms with Gasteiger partial charge in [-0.15, -0.1) is 0 Å². The minimum atomic E-state index is -1.23. The van der Waals surface area contributed by atoms with Crippen LogP contribution in [0.25, 0.3) is 0 Å². The fraction of sp³-hybridized carbons (Fsp3) is 0.556. The molecule has 0 fully saturated rings. The maximum atomic E-state index is 10.9. The zero-order chi connectivity index (χ0) is 10.8. The standard InChI is InChI=1S/C9H14O3.O.V/c1-4-5-6-11-12-9(3)7-8(2)10;;/h2,7H,4-6H2,1,3H3;;/b9-7-;;. The molecule has 0 spiro atoms. The van der Waals surface area contributed by atoms with E-state index in [-0.39, 0.29) is 5.78 Å². The number of rotatable bonds is 7. The summed E-state index contributed by atoms with van der Waals surface area (Å²) in [5.41, 5.74) is 0. The number of allylic oxidation sites excluding steroid dienone is 2. The van der Waals surface area contributed by atoms with Crippen LogP contribution in [0.5, 0.6) is 0 Å². The molecule has 0 aromatic carbocycles. The van der Waals surface area contributed by atoms with Crippen LogP contribution in [0.15, 0.2) is 11.8 Å². The second-order valence-electron chi connectivity index (χ2n) is 2.65. The van der Waals surface area contributed by atoms with E-state index in [2.05, 4.69) is 0 Å². The Morgan fingerprint density at radius 2 is 2.21 bits per heavy atom. The van der Waals surface area contributed by atoms with Crippen molar-refractivity contribution in [2.75, 3.05) is 6.61 Å². The molecule has 0 aromatic rings. The summed E-state index contributed by atoms with van der Waals surface area (Å²) in [6, 6.07) is 0. The summed E-state index contributed by atoms with van der Waals surface area (Å²) in [7, 11) is 0. The van der Waals surface area contributed by atoms with Crippen LogP contribution in [0, 0.1) is 0 Å². The number of hydrogen-bond donors (Lipinski definition) is 0. The minimum absolute atomic E-state index is 0.309. The molecule has 5 heteroatoms. The quantitative estimate of drug-likeness (QED) is 0.221. The molecule has 0 radical (unpaired) electrons. The number of hydrogen-bond acceptors (Lipinski definition) is 4. The van der Waals surface area contributed by atoms with E-state index in [9.17, 15) is 8.47 Å². The van der Waals surface area contributed by atoms with E-state index < -0.39 is 15.8 Å². The summed E-state index contributed by atoms with van der Waals surface area (Å²) in [4.78, 5) is 20.5. The van der Waals surface area contributed by atoms with Gasteiger partial charge in [-0.25, -0.2) is 0 Å². The topological polar surface area (TPSA) is 52.6 Å². The average molecular weight is 237 g/mol. The van der Waals surface area contributed by atoms with Crippen LogP contribution in [-0.2, 0) is 34.0 Å². The van der Waals surface area contributed by atoms with Crippen molar-refractivity contribution in [2.45, 2.75) is 26.7 Å². The van der Waals surface area contributed by atoms with E-state index in [0.717, 1.165) is 17.6 Å². The van der Waals surface area contributed by atoms with Crippen LogP contribution >= 0.6 is 0 Å². The summed E-state index contributed by atoms with van der Waals surface area (Å²) < 4.78 is 11.3. The molecule has 0 aliphatic rings. The molecule has 0 saturated heterocycles. The van der Waals surface area contributed by atoms with Gasteiger partial charge in [0.05, 0.1) is 0 Å². The molecular formula is C9H14O4V. The summed E-state index contributed by atoms with van der Waals surface area (Å²) >= 11 is -1.23. The fourth-order valence-corrected chi connectivity index (χ4v) is 0.930. The second kappa shape index (κ2) is 9.00. The van der Waals surface area contributed by atoms with Crippen molar-refractivity contribution >= 4 is 10.5 Å². The first-order chi connectivity index (χ1) is 6.70. The van der Waals surface area contributed by atoms with Gasteiger partial charge in [0.2, 0.25) is 0 Å². The van der Waals surface area contributed by atoms with Gasteiger partial charge in [0, 0.05) is 0 Å². The average Bonchev–Trinajstić information content (AvgIpc) is 2.13. The number of unbranched alkanes of at least 4 members (excludes halogenated alkanes) is 1. The Labute approximate surface area is 90.0 Å². The summed E-state index contributed by atoms with van der Waals surface area (Å²) in [5, 5.41) is 0. The molecule has 0 saturated carbocycles. The molecule has 4 nitrogen and oxygen atoms in total. The molecule has 0 aliphatic heterocycles. The van der Waals surface area contributed by atoms with E-state index in [1.54, 1.807) is 6.92 Å². The van der Waals surface area contributed by atoms with Gasteiger partial charge in [-0.3, -0.25) is 0 Å². The fourth-order valence-electron chi connectivity index (χ4n) is 0.651. The van der Waals surface area contributed by atoms with Crippen molar-refractivity contribution in [1.29, 1.82) is 0 Å².